The molecule has 0 radical (unpaired) electrons. The maximum Gasteiger partial charge on any atom is 0.274 e. The molecule has 0 bridgehead atoms. The van der Waals surface area contributed by atoms with Crippen molar-refractivity contribution in [1.82, 2.24) is 9.97 Å². The van der Waals surface area contributed by atoms with Gasteiger partial charge in [-0.25, -0.2) is 23.1 Å². The van der Waals surface area contributed by atoms with Crippen molar-refractivity contribution in [3.05, 3.63) is 47.2 Å². The highest BCUT2D eigenvalue weighted by Crippen LogP contribution is 2.24. The molecule has 23 heavy (non-hydrogen) atoms. The van der Waals surface area contributed by atoms with E-state index in [0.29, 0.717) is 17.7 Å². The zero-order valence-electron chi connectivity index (χ0n) is 12.2. The molecule has 5 nitrogen and oxygen atoms in total. The van der Waals surface area contributed by atoms with Crippen molar-refractivity contribution in [1.29, 1.82) is 0 Å². The first-order valence-corrected chi connectivity index (χ1v) is 7.01. The molecule has 2 aromatic rings. The third-order valence-electron chi connectivity index (χ3n) is 3.28. The summed E-state index contributed by atoms with van der Waals surface area (Å²) in [5.41, 5.74) is -0.452. The van der Waals surface area contributed by atoms with Gasteiger partial charge >= 0.3 is 0 Å². The smallest absolute Gasteiger partial charge is 0.274 e. The van der Waals surface area contributed by atoms with Gasteiger partial charge in [-0.15, -0.1) is 0 Å². The van der Waals surface area contributed by atoms with Crippen LogP contribution in [0.4, 0.5) is 24.7 Å². The van der Waals surface area contributed by atoms with Gasteiger partial charge in [0.15, 0.2) is 17.5 Å². The van der Waals surface area contributed by atoms with Gasteiger partial charge < -0.3 is 10.6 Å². The fourth-order valence-electron chi connectivity index (χ4n) is 2.00. The van der Waals surface area contributed by atoms with Crippen molar-refractivity contribution in [2.75, 3.05) is 10.6 Å². The van der Waals surface area contributed by atoms with E-state index in [4.69, 9.17) is 0 Å². The summed E-state index contributed by atoms with van der Waals surface area (Å²) < 4.78 is 39.7. The number of nitrogens with zero attached hydrogens (tertiary/aromatic N) is 2. The summed E-state index contributed by atoms with van der Waals surface area (Å²) >= 11 is 0. The Morgan fingerprint density at radius 3 is 2.61 bits per heavy atom. The third kappa shape index (κ3) is 3.41. The summed E-state index contributed by atoms with van der Waals surface area (Å²) in [6.07, 6.45) is 2.06. The number of carbonyl (C=O) groups excluding carboxylic acids is 1. The van der Waals surface area contributed by atoms with Crippen LogP contribution in [0.25, 0.3) is 0 Å². The van der Waals surface area contributed by atoms with Gasteiger partial charge in [0.25, 0.3) is 5.91 Å². The second kappa shape index (κ2) is 5.86. The van der Waals surface area contributed by atoms with Crippen LogP contribution in [0.3, 0.4) is 0 Å². The minimum atomic E-state index is -1.64. The SMILES string of the molecule is Cc1nc(NC2CC2)cc(C(=O)Nc2ccc(F)c(F)c2F)n1. The van der Waals surface area contributed by atoms with Crippen LogP contribution >= 0.6 is 0 Å². The van der Waals surface area contributed by atoms with Crippen LogP contribution in [0.1, 0.15) is 29.2 Å². The quantitative estimate of drug-likeness (QED) is 0.849. The molecular formula is C15H13F3N4O. The monoisotopic (exact) mass is 322 g/mol. The number of anilines is 2. The lowest BCUT2D eigenvalue weighted by Crippen LogP contribution is -2.17. The van der Waals surface area contributed by atoms with E-state index in [9.17, 15) is 18.0 Å². The standard InChI is InChI=1S/C15H13F3N4O/c1-7-19-11(6-12(20-7)21-8-2-3-8)15(23)22-10-5-4-9(16)13(17)14(10)18/h4-6,8H,2-3H2,1H3,(H,22,23)(H,19,20,21). The lowest BCUT2D eigenvalue weighted by atomic mass is 10.2. The molecule has 0 atom stereocenters. The Balaban J connectivity index is 1.83. The molecule has 1 saturated carbocycles. The molecule has 1 amide bonds. The fourth-order valence-corrected chi connectivity index (χ4v) is 2.00. The molecule has 3 rings (SSSR count). The Morgan fingerprint density at radius 2 is 1.91 bits per heavy atom. The van der Waals surface area contributed by atoms with Crippen LogP contribution in [0, 0.1) is 24.4 Å². The maximum absolute atomic E-state index is 13.6. The summed E-state index contributed by atoms with van der Waals surface area (Å²) in [5.74, 6) is -4.30. The normalized spacial score (nSPS) is 13.7. The first-order valence-electron chi connectivity index (χ1n) is 7.01. The molecule has 0 aliphatic heterocycles. The molecule has 120 valence electrons. The minimum absolute atomic E-state index is 0.00443. The molecule has 0 unspecified atom stereocenters. The van der Waals surface area contributed by atoms with Gasteiger partial charge in [0.2, 0.25) is 0 Å². The molecule has 1 aromatic carbocycles. The van der Waals surface area contributed by atoms with Crippen LogP contribution in [-0.4, -0.2) is 21.9 Å². The molecule has 0 saturated heterocycles. The number of carbonyl (C=O) groups is 1. The lowest BCUT2D eigenvalue weighted by molar-refractivity contribution is 0.102. The average Bonchev–Trinajstić information content (AvgIpc) is 3.31. The van der Waals surface area contributed by atoms with Crippen molar-refractivity contribution >= 4 is 17.4 Å². The van der Waals surface area contributed by atoms with E-state index in [0.717, 1.165) is 25.0 Å². The molecule has 8 heteroatoms. The lowest BCUT2D eigenvalue weighted by Gasteiger charge is -2.09. The highest BCUT2D eigenvalue weighted by Gasteiger charge is 2.22. The Bertz CT molecular complexity index is 778. The zero-order chi connectivity index (χ0) is 16.6. The molecule has 0 spiro atoms. The van der Waals surface area contributed by atoms with Crippen molar-refractivity contribution in [3.8, 4) is 0 Å². The molecule has 1 aromatic heterocycles. The molecule has 1 fully saturated rings. The Kier molecular flexibility index (Phi) is 3.89. The Labute approximate surface area is 130 Å². The predicted octanol–water partition coefficient (Wildman–Crippen LogP) is 3.03. The van der Waals surface area contributed by atoms with Gasteiger partial charge in [0.05, 0.1) is 5.69 Å². The molecule has 1 heterocycles. The molecule has 1 aliphatic carbocycles. The van der Waals surface area contributed by atoms with Crippen LogP contribution in [-0.2, 0) is 0 Å². The predicted molar refractivity (Wildman–Crippen MR) is 77.7 cm³/mol. The van der Waals surface area contributed by atoms with E-state index in [1.165, 1.54) is 6.07 Å². The Hall–Kier alpha value is -2.64. The summed E-state index contributed by atoms with van der Waals surface area (Å²) in [5, 5.41) is 5.31. The Morgan fingerprint density at radius 1 is 1.17 bits per heavy atom. The molecule has 1 aliphatic rings. The third-order valence-corrected chi connectivity index (χ3v) is 3.28. The van der Waals surface area contributed by atoms with Gasteiger partial charge in [-0.05, 0) is 31.9 Å². The summed E-state index contributed by atoms with van der Waals surface area (Å²) in [6, 6.07) is 3.45. The number of rotatable bonds is 4. The summed E-state index contributed by atoms with van der Waals surface area (Å²) in [6.45, 7) is 1.62. The minimum Gasteiger partial charge on any atom is -0.367 e. The van der Waals surface area contributed by atoms with E-state index < -0.39 is 29.0 Å². The summed E-state index contributed by atoms with van der Waals surface area (Å²) in [4.78, 5) is 20.3. The number of aromatic nitrogens is 2. The molecular weight excluding hydrogens is 309 g/mol. The number of hydrogen-bond donors (Lipinski definition) is 2. The van der Waals surface area contributed by atoms with Crippen LogP contribution < -0.4 is 10.6 Å². The van der Waals surface area contributed by atoms with E-state index >= 15 is 0 Å². The van der Waals surface area contributed by atoms with E-state index in [-0.39, 0.29) is 5.69 Å². The summed E-state index contributed by atoms with van der Waals surface area (Å²) in [7, 11) is 0. The number of aryl methyl sites for hydroxylation is 1. The fraction of sp³-hybridized carbons (Fsp3) is 0.267. The van der Waals surface area contributed by atoms with Crippen LogP contribution in [0.5, 0.6) is 0 Å². The van der Waals surface area contributed by atoms with Crippen molar-refractivity contribution in [3.63, 3.8) is 0 Å². The largest absolute Gasteiger partial charge is 0.367 e. The van der Waals surface area contributed by atoms with Crippen LogP contribution in [0.15, 0.2) is 18.2 Å². The number of halogens is 3. The number of hydrogen-bond acceptors (Lipinski definition) is 4. The highest BCUT2D eigenvalue weighted by molar-refractivity contribution is 6.03. The molecule has 2 N–H and O–H groups in total. The second-order valence-electron chi connectivity index (χ2n) is 5.28. The van der Waals surface area contributed by atoms with Crippen LogP contribution in [0.2, 0.25) is 0 Å². The van der Waals surface area contributed by atoms with Gasteiger partial charge in [0.1, 0.15) is 17.3 Å². The van der Waals surface area contributed by atoms with E-state index in [1.807, 2.05) is 0 Å². The van der Waals surface area contributed by atoms with Gasteiger partial charge in [-0.2, -0.15) is 0 Å². The first kappa shape index (κ1) is 15.3. The van der Waals surface area contributed by atoms with E-state index in [2.05, 4.69) is 20.6 Å². The van der Waals surface area contributed by atoms with Gasteiger partial charge in [0, 0.05) is 12.1 Å². The number of amides is 1. The average molecular weight is 322 g/mol. The highest BCUT2D eigenvalue weighted by atomic mass is 19.2. The zero-order valence-corrected chi connectivity index (χ0v) is 12.2. The van der Waals surface area contributed by atoms with E-state index in [1.54, 1.807) is 6.92 Å². The maximum atomic E-state index is 13.6. The first-order chi connectivity index (χ1) is 10.9. The second-order valence-corrected chi connectivity index (χ2v) is 5.28. The topological polar surface area (TPSA) is 66.9 Å². The number of benzene rings is 1. The van der Waals surface area contributed by atoms with Gasteiger partial charge in [-0.1, -0.05) is 0 Å². The van der Waals surface area contributed by atoms with Crippen molar-refractivity contribution in [2.24, 2.45) is 0 Å². The van der Waals surface area contributed by atoms with Crippen molar-refractivity contribution in [2.45, 2.75) is 25.8 Å². The van der Waals surface area contributed by atoms with Crippen molar-refractivity contribution < 1.29 is 18.0 Å². The number of nitrogens with one attached hydrogen (secondary N) is 2. The van der Waals surface area contributed by atoms with Gasteiger partial charge in [-0.3, -0.25) is 4.79 Å².